The topological polar surface area (TPSA) is 64.6 Å². The predicted molar refractivity (Wildman–Crippen MR) is 106 cm³/mol. The van der Waals surface area contributed by atoms with Gasteiger partial charge in [0.15, 0.2) is 5.16 Å². The van der Waals surface area contributed by atoms with Crippen molar-refractivity contribution in [2.45, 2.75) is 63.3 Å². The molecule has 0 saturated carbocycles. The second-order valence-corrected chi connectivity index (χ2v) is 8.32. The van der Waals surface area contributed by atoms with Crippen molar-refractivity contribution in [1.82, 2.24) is 14.9 Å². The van der Waals surface area contributed by atoms with Crippen LogP contribution in [0, 0.1) is 5.41 Å². The normalized spacial score (nSPS) is 23.1. The molecule has 2 fully saturated rings. The van der Waals surface area contributed by atoms with Gasteiger partial charge in [-0.2, -0.15) is 0 Å². The Kier molecular flexibility index (Phi) is 7.49. The highest BCUT2D eigenvalue weighted by atomic mass is 32.2. The van der Waals surface area contributed by atoms with E-state index in [0.29, 0.717) is 6.61 Å². The van der Waals surface area contributed by atoms with Gasteiger partial charge >= 0.3 is 5.97 Å². The second kappa shape index (κ2) is 9.85. The number of carbonyl (C=O) groups is 1. The van der Waals surface area contributed by atoms with Crippen LogP contribution in [0.4, 0.5) is 0 Å². The van der Waals surface area contributed by atoms with E-state index in [9.17, 15) is 4.79 Å². The third-order valence-electron chi connectivity index (χ3n) is 5.68. The van der Waals surface area contributed by atoms with Crippen LogP contribution in [-0.2, 0) is 20.8 Å². The van der Waals surface area contributed by atoms with E-state index in [-0.39, 0.29) is 12.1 Å². The predicted octanol–water partition coefficient (Wildman–Crippen LogP) is 3.30. The van der Waals surface area contributed by atoms with Gasteiger partial charge in [-0.3, -0.25) is 9.69 Å². The average molecular weight is 394 g/mol. The van der Waals surface area contributed by atoms with Crippen molar-refractivity contribution >= 4 is 17.7 Å². The first-order valence-corrected chi connectivity index (χ1v) is 11.2. The van der Waals surface area contributed by atoms with E-state index >= 15 is 0 Å². The zero-order valence-corrected chi connectivity index (χ0v) is 17.3. The Morgan fingerprint density at radius 3 is 2.67 bits per heavy atom. The Bertz CT molecular complexity index is 597. The molecule has 6 nitrogen and oxygen atoms in total. The Morgan fingerprint density at radius 2 is 2.07 bits per heavy atom. The van der Waals surface area contributed by atoms with Crippen molar-refractivity contribution in [3.63, 3.8) is 0 Å². The molecule has 3 heterocycles. The molecule has 2 aliphatic rings. The van der Waals surface area contributed by atoms with Gasteiger partial charge in [-0.05, 0) is 64.8 Å². The number of aromatic nitrogens is 2. The van der Waals surface area contributed by atoms with E-state index in [2.05, 4.69) is 14.9 Å². The van der Waals surface area contributed by atoms with Gasteiger partial charge in [-0.25, -0.2) is 9.97 Å². The van der Waals surface area contributed by atoms with E-state index in [1.165, 1.54) is 6.42 Å². The van der Waals surface area contributed by atoms with Crippen LogP contribution in [0.15, 0.2) is 17.6 Å². The summed E-state index contributed by atoms with van der Waals surface area (Å²) in [7, 11) is 0. The van der Waals surface area contributed by atoms with Crippen LogP contribution in [0.3, 0.4) is 0 Å². The van der Waals surface area contributed by atoms with Gasteiger partial charge in [0.25, 0.3) is 0 Å². The van der Waals surface area contributed by atoms with Crippen LogP contribution >= 0.6 is 11.8 Å². The minimum atomic E-state index is -0.395. The lowest BCUT2D eigenvalue weighted by Crippen LogP contribution is -2.47. The molecule has 150 valence electrons. The van der Waals surface area contributed by atoms with Crippen molar-refractivity contribution in [2.24, 2.45) is 5.41 Å². The molecule has 0 bridgehead atoms. The highest BCUT2D eigenvalue weighted by Crippen LogP contribution is 2.40. The van der Waals surface area contributed by atoms with Gasteiger partial charge in [0.1, 0.15) is 0 Å². The maximum absolute atomic E-state index is 12.8. The molecule has 27 heavy (non-hydrogen) atoms. The molecule has 0 aliphatic carbocycles. The number of hydrogen-bond donors (Lipinski definition) is 0. The third-order valence-corrected chi connectivity index (χ3v) is 6.26. The van der Waals surface area contributed by atoms with Crippen LogP contribution in [0.25, 0.3) is 0 Å². The molecule has 1 atom stereocenters. The standard InChI is InChI=1S/C20H31N3O3S/c1-3-25-18(24)20(12-17-6-4-5-11-26-17)7-9-23(10-8-20)15-16-13-21-19(27-2)22-14-16/h13-14,17H,3-12,15H2,1-2H3/t17-/m1/s1. The molecule has 3 rings (SSSR count). The lowest BCUT2D eigenvalue weighted by Gasteiger charge is -2.42. The Morgan fingerprint density at radius 1 is 1.33 bits per heavy atom. The van der Waals surface area contributed by atoms with Gasteiger partial charge in [0, 0.05) is 31.1 Å². The molecular weight excluding hydrogens is 362 g/mol. The average Bonchev–Trinajstić information content (AvgIpc) is 2.71. The van der Waals surface area contributed by atoms with E-state index in [1.807, 2.05) is 25.6 Å². The number of thioether (sulfide) groups is 1. The minimum absolute atomic E-state index is 0.0357. The molecule has 7 heteroatoms. The van der Waals surface area contributed by atoms with Gasteiger partial charge in [0.2, 0.25) is 0 Å². The zero-order valence-electron chi connectivity index (χ0n) is 16.5. The fourth-order valence-corrected chi connectivity index (χ4v) is 4.42. The SMILES string of the molecule is CCOC(=O)C1(C[C@H]2CCCCO2)CCN(Cc2cnc(SC)nc2)CC1. The second-order valence-electron chi connectivity index (χ2n) is 7.55. The molecule has 0 spiro atoms. The van der Waals surface area contributed by atoms with Gasteiger partial charge in [-0.15, -0.1) is 0 Å². The third kappa shape index (κ3) is 5.42. The lowest BCUT2D eigenvalue weighted by molar-refractivity contribution is -0.162. The summed E-state index contributed by atoms with van der Waals surface area (Å²) in [6.07, 6.45) is 11.8. The summed E-state index contributed by atoms with van der Waals surface area (Å²) in [6, 6.07) is 0. The van der Waals surface area contributed by atoms with Crippen LogP contribution < -0.4 is 0 Å². The quantitative estimate of drug-likeness (QED) is 0.400. The Balaban J connectivity index is 1.60. The van der Waals surface area contributed by atoms with Crippen molar-refractivity contribution in [3.05, 3.63) is 18.0 Å². The van der Waals surface area contributed by atoms with Crippen molar-refractivity contribution in [1.29, 1.82) is 0 Å². The lowest BCUT2D eigenvalue weighted by atomic mass is 9.73. The first-order chi connectivity index (χ1) is 13.1. The number of esters is 1. The number of nitrogens with zero attached hydrogens (tertiary/aromatic N) is 3. The molecular formula is C20H31N3O3S. The highest BCUT2D eigenvalue weighted by Gasteiger charge is 2.44. The Labute approximate surface area is 166 Å². The summed E-state index contributed by atoms with van der Waals surface area (Å²) in [4.78, 5) is 23.9. The summed E-state index contributed by atoms with van der Waals surface area (Å²) in [5.41, 5.74) is 0.723. The molecule has 0 N–H and O–H groups in total. The van der Waals surface area contributed by atoms with Gasteiger partial charge in [-0.1, -0.05) is 11.8 Å². The summed E-state index contributed by atoms with van der Waals surface area (Å²) in [5.74, 6) is -0.0357. The van der Waals surface area contributed by atoms with E-state index in [0.717, 1.165) is 69.1 Å². The van der Waals surface area contributed by atoms with E-state index in [4.69, 9.17) is 9.47 Å². The zero-order chi connectivity index (χ0) is 19.1. The first kappa shape index (κ1) is 20.6. The van der Waals surface area contributed by atoms with Crippen molar-refractivity contribution in [3.8, 4) is 0 Å². The van der Waals surface area contributed by atoms with Crippen LogP contribution in [0.1, 0.15) is 51.0 Å². The number of hydrogen-bond acceptors (Lipinski definition) is 7. The minimum Gasteiger partial charge on any atom is -0.466 e. The van der Waals surface area contributed by atoms with Gasteiger partial charge < -0.3 is 9.47 Å². The van der Waals surface area contributed by atoms with Gasteiger partial charge in [0.05, 0.1) is 18.1 Å². The molecule has 2 aliphatic heterocycles. The maximum atomic E-state index is 12.8. The van der Waals surface area contributed by atoms with Crippen LogP contribution in [0.5, 0.6) is 0 Å². The number of carbonyl (C=O) groups excluding carboxylic acids is 1. The van der Waals surface area contributed by atoms with Crippen molar-refractivity contribution in [2.75, 3.05) is 32.6 Å². The first-order valence-electron chi connectivity index (χ1n) is 10.0. The maximum Gasteiger partial charge on any atom is 0.312 e. The molecule has 0 radical (unpaired) electrons. The van der Waals surface area contributed by atoms with Crippen molar-refractivity contribution < 1.29 is 14.3 Å². The molecule has 0 unspecified atom stereocenters. The molecule has 2 saturated heterocycles. The highest BCUT2D eigenvalue weighted by molar-refractivity contribution is 7.98. The number of ether oxygens (including phenoxy) is 2. The summed E-state index contributed by atoms with van der Waals surface area (Å²) >= 11 is 1.55. The largest absolute Gasteiger partial charge is 0.466 e. The molecule has 0 aromatic carbocycles. The fraction of sp³-hybridized carbons (Fsp3) is 0.750. The smallest absolute Gasteiger partial charge is 0.312 e. The molecule has 1 aromatic heterocycles. The van der Waals surface area contributed by atoms with Crippen LogP contribution in [0.2, 0.25) is 0 Å². The fourth-order valence-electron chi connectivity index (χ4n) is 4.11. The van der Waals surface area contributed by atoms with E-state index < -0.39 is 5.41 Å². The number of likely N-dealkylation sites (tertiary alicyclic amines) is 1. The summed E-state index contributed by atoms with van der Waals surface area (Å²) in [5, 5.41) is 0.797. The van der Waals surface area contributed by atoms with Crippen LogP contribution in [-0.4, -0.2) is 59.5 Å². The van der Waals surface area contributed by atoms with E-state index in [1.54, 1.807) is 11.8 Å². The molecule has 1 aromatic rings. The number of rotatable bonds is 7. The summed E-state index contributed by atoms with van der Waals surface area (Å²) in [6.45, 7) is 5.74. The Hall–Kier alpha value is -1.18. The monoisotopic (exact) mass is 393 g/mol. The molecule has 0 amide bonds. The summed E-state index contributed by atoms with van der Waals surface area (Å²) < 4.78 is 11.4. The number of piperidine rings is 1.